The fraction of sp³-hybridized carbons (Fsp3) is 0.217. The van der Waals surface area contributed by atoms with Gasteiger partial charge in [0.25, 0.3) is 11.8 Å². The number of amides is 2. The van der Waals surface area contributed by atoms with E-state index in [1.807, 2.05) is 24.3 Å². The molecule has 0 unspecified atom stereocenters. The molecule has 0 saturated carbocycles. The summed E-state index contributed by atoms with van der Waals surface area (Å²) in [4.78, 5) is 27.4. The number of hydrogen-bond acceptors (Lipinski definition) is 4. The second kappa shape index (κ2) is 8.65. The lowest BCUT2D eigenvalue weighted by atomic mass is 10.1. The molecule has 1 aromatic heterocycles. The highest BCUT2D eigenvalue weighted by Crippen LogP contribution is 2.23. The van der Waals surface area contributed by atoms with Gasteiger partial charge in [-0.25, -0.2) is 0 Å². The summed E-state index contributed by atoms with van der Waals surface area (Å²) in [6.45, 7) is 2.16. The van der Waals surface area contributed by atoms with Crippen LogP contribution in [-0.4, -0.2) is 24.9 Å². The van der Waals surface area contributed by atoms with E-state index in [4.69, 9.17) is 4.42 Å². The van der Waals surface area contributed by atoms with Crippen LogP contribution < -0.4 is 15.5 Å². The van der Waals surface area contributed by atoms with E-state index < -0.39 is 5.91 Å². The Morgan fingerprint density at radius 1 is 0.793 bits per heavy atom. The summed E-state index contributed by atoms with van der Waals surface area (Å²) >= 11 is 0. The highest BCUT2D eigenvalue weighted by atomic mass is 16.3. The van der Waals surface area contributed by atoms with Gasteiger partial charge in [0, 0.05) is 24.5 Å². The van der Waals surface area contributed by atoms with E-state index in [2.05, 4.69) is 15.5 Å². The fourth-order valence-corrected chi connectivity index (χ4v) is 3.49. The summed E-state index contributed by atoms with van der Waals surface area (Å²) < 4.78 is 5.11. The Labute approximate surface area is 169 Å². The molecule has 2 heterocycles. The summed E-state index contributed by atoms with van der Waals surface area (Å²) in [5.41, 5.74) is 2.69. The molecule has 1 fully saturated rings. The average Bonchev–Trinajstić information content (AvgIpc) is 3.30. The molecule has 0 radical (unpaired) electrons. The van der Waals surface area contributed by atoms with Crippen LogP contribution in [0, 0.1) is 0 Å². The molecule has 0 aliphatic carbocycles. The van der Waals surface area contributed by atoms with Crippen LogP contribution in [-0.2, 0) is 0 Å². The summed E-state index contributed by atoms with van der Waals surface area (Å²) in [5, 5.41) is 5.64. The standard InChI is InChI=1S/C23H23N3O3/c27-22(24-17-10-12-18(13-11-17)26-14-4-1-5-15-26)19-7-2-3-8-20(19)25-23(28)21-9-6-16-29-21/h2-3,6-13,16H,1,4-5,14-15H2,(H,24,27)(H,25,28). The molecular weight excluding hydrogens is 366 g/mol. The Bertz CT molecular complexity index is 975. The van der Waals surface area contributed by atoms with Crippen molar-refractivity contribution in [1.82, 2.24) is 0 Å². The Morgan fingerprint density at radius 2 is 1.55 bits per heavy atom. The van der Waals surface area contributed by atoms with Crippen molar-refractivity contribution in [3.05, 3.63) is 78.3 Å². The Balaban J connectivity index is 1.45. The maximum absolute atomic E-state index is 12.8. The van der Waals surface area contributed by atoms with Gasteiger partial charge in [-0.05, 0) is 67.8 Å². The zero-order valence-corrected chi connectivity index (χ0v) is 16.1. The predicted molar refractivity (Wildman–Crippen MR) is 114 cm³/mol. The van der Waals surface area contributed by atoms with Gasteiger partial charge in [0.1, 0.15) is 0 Å². The van der Waals surface area contributed by atoms with Crippen LogP contribution in [0.1, 0.15) is 40.2 Å². The first-order valence-electron chi connectivity index (χ1n) is 9.81. The van der Waals surface area contributed by atoms with Gasteiger partial charge in [0.2, 0.25) is 0 Å². The molecule has 2 N–H and O–H groups in total. The number of benzene rings is 2. The van der Waals surface area contributed by atoms with Gasteiger partial charge in [0.05, 0.1) is 17.5 Å². The summed E-state index contributed by atoms with van der Waals surface area (Å²) in [6, 6.07) is 18.0. The second-order valence-corrected chi connectivity index (χ2v) is 7.03. The van der Waals surface area contributed by atoms with Crippen molar-refractivity contribution >= 4 is 28.9 Å². The van der Waals surface area contributed by atoms with Crippen LogP contribution >= 0.6 is 0 Å². The van der Waals surface area contributed by atoms with E-state index in [1.165, 1.54) is 31.2 Å². The lowest BCUT2D eigenvalue weighted by Crippen LogP contribution is -2.29. The number of nitrogens with one attached hydrogen (secondary N) is 2. The van der Waals surface area contributed by atoms with Crippen molar-refractivity contribution in [2.75, 3.05) is 28.6 Å². The number of anilines is 3. The van der Waals surface area contributed by atoms with Crippen molar-refractivity contribution in [2.24, 2.45) is 0 Å². The lowest BCUT2D eigenvalue weighted by molar-refractivity contribution is 0.0996. The summed E-state index contributed by atoms with van der Waals surface area (Å²) in [6.07, 6.45) is 5.17. The third-order valence-corrected chi connectivity index (χ3v) is 5.01. The maximum Gasteiger partial charge on any atom is 0.291 e. The molecule has 1 aliphatic rings. The van der Waals surface area contributed by atoms with Crippen molar-refractivity contribution in [3.8, 4) is 0 Å². The third kappa shape index (κ3) is 4.48. The number of piperidine rings is 1. The van der Waals surface area contributed by atoms with E-state index in [0.717, 1.165) is 13.1 Å². The molecule has 6 nitrogen and oxygen atoms in total. The number of nitrogens with zero attached hydrogens (tertiary/aromatic N) is 1. The zero-order chi connectivity index (χ0) is 20.1. The highest BCUT2D eigenvalue weighted by molar-refractivity contribution is 6.12. The molecule has 3 aromatic rings. The molecule has 1 aliphatic heterocycles. The van der Waals surface area contributed by atoms with E-state index in [1.54, 1.807) is 36.4 Å². The average molecular weight is 389 g/mol. The van der Waals surface area contributed by atoms with Crippen molar-refractivity contribution in [2.45, 2.75) is 19.3 Å². The molecule has 0 spiro atoms. The minimum Gasteiger partial charge on any atom is -0.459 e. The summed E-state index contributed by atoms with van der Waals surface area (Å²) in [5.74, 6) is -0.499. The number of hydrogen-bond donors (Lipinski definition) is 2. The van der Waals surface area contributed by atoms with E-state index in [9.17, 15) is 9.59 Å². The van der Waals surface area contributed by atoms with Gasteiger partial charge in [-0.3, -0.25) is 9.59 Å². The summed E-state index contributed by atoms with van der Waals surface area (Å²) in [7, 11) is 0. The molecule has 29 heavy (non-hydrogen) atoms. The van der Waals surface area contributed by atoms with Crippen LogP contribution in [0.3, 0.4) is 0 Å². The van der Waals surface area contributed by atoms with E-state index in [-0.39, 0.29) is 11.7 Å². The first-order chi connectivity index (χ1) is 14.2. The largest absolute Gasteiger partial charge is 0.459 e. The molecule has 1 saturated heterocycles. The lowest BCUT2D eigenvalue weighted by Gasteiger charge is -2.28. The van der Waals surface area contributed by atoms with Crippen molar-refractivity contribution < 1.29 is 14.0 Å². The van der Waals surface area contributed by atoms with E-state index in [0.29, 0.717) is 16.9 Å². The molecule has 6 heteroatoms. The third-order valence-electron chi connectivity index (χ3n) is 5.01. The van der Waals surface area contributed by atoms with Crippen LogP contribution in [0.25, 0.3) is 0 Å². The van der Waals surface area contributed by atoms with Crippen LogP contribution in [0.5, 0.6) is 0 Å². The molecular formula is C23H23N3O3. The fourth-order valence-electron chi connectivity index (χ4n) is 3.49. The van der Waals surface area contributed by atoms with Crippen molar-refractivity contribution in [3.63, 3.8) is 0 Å². The number of para-hydroxylation sites is 1. The molecule has 2 aromatic carbocycles. The molecule has 0 bridgehead atoms. The zero-order valence-electron chi connectivity index (χ0n) is 16.1. The smallest absolute Gasteiger partial charge is 0.291 e. The molecule has 2 amide bonds. The molecule has 148 valence electrons. The molecule has 4 rings (SSSR count). The van der Waals surface area contributed by atoms with Gasteiger partial charge in [-0.2, -0.15) is 0 Å². The van der Waals surface area contributed by atoms with Crippen LogP contribution in [0.15, 0.2) is 71.3 Å². The minimum absolute atomic E-state index is 0.188. The first-order valence-corrected chi connectivity index (χ1v) is 9.81. The Kier molecular flexibility index (Phi) is 5.61. The monoisotopic (exact) mass is 389 g/mol. The van der Waals surface area contributed by atoms with Gasteiger partial charge in [-0.1, -0.05) is 12.1 Å². The SMILES string of the molecule is O=C(Nc1ccccc1C(=O)Nc1ccc(N2CCCCC2)cc1)c1ccco1. The van der Waals surface area contributed by atoms with Gasteiger partial charge in [0.15, 0.2) is 5.76 Å². The van der Waals surface area contributed by atoms with Gasteiger partial charge in [-0.15, -0.1) is 0 Å². The highest BCUT2D eigenvalue weighted by Gasteiger charge is 2.16. The maximum atomic E-state index is 12.8. The number of carbonyl (C=O) groups is 2. The quantitative estimate of drug-likeness (QED) is 0.659. The van der Waals surface area contributed by atoms with Gasteiger partial charge >= 0.3 is 0 Å². The normalized spacial score (nSPS) is 13.7. The van der Waals surface area contributed by atoms with Crippen LogP contribution in [0.2, 0.25) is 0 Å². The second-order valence-electron chi connectivity index (χ2n) is 7.03. The van der Waals surface area contributed by atoms with Crippen LogP contribution in [0.4, 0.5) is 17.1 Å². The molecule has 0 atom stereocenters. The first kappa shape index (κ1) is 18.8. The van der Waals surface area contributed by atoms with Gasteiger partial charge < -0.3 is 20.0 Å². The predicted octanol–water partition coefficient (Wildman–Crippen LogP) is 4.77. The number of furan rings is 1. The Hall–Kier alpha value is -3.54. The van der Waals surface area contributed by atoms with Crippen molar-refractivity contribution in [1.29, 1.82) is 0 Å². The minimum atomic E-state index is -0.402. The number of rotatable bonds is 5. The topological polar surface area (TPSA) is 74.6 Å². The number of carbonyl (C=O) groups excluding carboxylic acids is 2. The Morgan fingerprint density at radius 3 is 2.28 bits per heavy atom. The van der Waals surface area contributed by atoms with E-state index >= 15 is 0 Å².